The topological polar surface area (TPSA) is 155 Å². The molecule has 0 bridgehead atoms. The number of alkyl carbamates (subject to hydrolysis) is 2. The van der Waals surface area contributed by atoms with E-state index in [0.29, 0.717) is 0 Å². The maximum absolute atomic E-state index is 13.9. The third-order valence-electron chi connectivity index (χ3n) is 8.95. The Morgan fingerprint density at radius 2 is 0.778 bits per heavy atom. The van der Waals surface area contributed by atoms with E-state index >= 15 is 0 Å². The zero-order chi connectivity index (χ0) is 38.9. The summed E-state index contributed by atoms with van der Waals surface area (Å²) in [5.74, 6) is -1.70. The predicted molar refractivity (Wildman–Crippen MR) is 207 cm³/mol. The molecule has 0 radical (unpaired) electrons. The first-order chi connectivity index (χ1) is 26.0. The van der Waals surface area contributed by atoms with Gasteiger partial charge in [0.15, 0.2) is 0 Å². The first-order valence-corrected chi connectivity index (χ1v) is 18.3. The molecule has 4 aromatic rings. The maximum Gasteiger partial charge on any atom is 0.408 e. The number of carbonyl (C=O) groups excluding carboxylic acids is 4. The minimum atomic E-state index is -1.31. The summed E-state index contributed by atoms with van der Waals surface area (Å²) < 4.78 is 10.8. The molecule has 0 aromatic heterocycles. The zero-order valence-corrected chi connectivity index (χ0v) is 31.3. The summed E-state index contributed by atoms with van der Waals surface area (Å²) in [4.78, 5) is 53.6. The van der Waals surface area contributed by atoms with Gasteiger partial charge >= 0.3 is 12.2 Å². The molecule has 0 aliphatic rings. The van der Waals surface area contributed by atoms with E-state index in [1.807, 2.05) is 121 Å². The quantitative estimate of drug-likeness (QED) is 0.0878. The van der Waals surface area contributed by atoms with Crippen LogP contribution in [0.5, 0.6) is 0 Å². The van der Waals surface area contributed by atoms with Crippen molar-refractivity contribution in [2.45, 2.75) is 84.0 Å². The summed E-state index contributed by atoms with van der Waals surface area (Å²) in [6.45, 7) is 7.26. The van der Waals surface area contributed by atoms with Gasteiger partial charge in [-0.1, -0.05) is 149 Å². The largest absolute Gasteiger partial charge is 0.445 e. The molecule has 0 spiro atoms. The SMILES string of the molecule is CC(C)C(NC(=O)OCc1ccccc1)C(=O)N[C@@H](Cc1ccccc1)C(O)[C@H](Cc1ccccc1)NC(=O)C(NC(=O)OCc1ccccc1)C(C)C. The van der Waals surface area contributed by atoms with Crippen molar-refractivity contribution in [2.24, 2.45) is 11.8 Å². The van der Waals surface area contributed by atoms with Crippen molar-refractivity contribution in [3.63, 3.8) is 0 Å². The Labute approximate surface area is 317 Å². The van der Waals surface area contributed by atoms with E-state index in [9.17, 15) is 24.3 Å². The molecule has 11 heteroatoms. The molecule has 286 valence electrons. The molecule has 0 saturated heterocycles. The molecule has 0 heterocycles. The maximum atomic E-state index is 13.9. The fourth-order valence-electron chi connectivity index (χ4n) is 5.93. The number of hydrogen-bond donors (Lipinski definition) is 5. The van der Waals surface area contributed by atoms with Crippen molar-refractivity contribution in [1.82, 2.24) is 21.3 Å². The van der Waals surface area contributed by atoms with Crippen LogP contribution in [0.25, 0.3) is 0 Å². The Hall–Kier alpha value is -5.68. The molecule has 4 rings (SSSR count). The highest BCUT2D eigenvalue weighted by molar-refractivity contribution is 5.87. The molecule has 2 unspecified atom stereocenters. The first kappa shape index (κ1) is 41.1. The van der Waals surface area contributed by atoms with Crippen molar-refractivity contribution in [3.05, 3.63) is 144 Å². The van der Waals surface area contributed by atoms with E-state index in [-0.39, 0.29) is 37.9 Å². The summed E-state index contributed by atoms with van der Waals surface area (Å²) in [6, 6.07) is 33.4. The number of nitrogens with one attached hydrogen (secondary N) is 4. The number of carbonyl (C=O) groups is 4. The lowest BCUT2D eigenvalue weighted by Gasteiger charge is -2.34. The molecule has 54 heavy (non-hydrogen) atoms. The molecule has 4 amide bonds. The van der Waals surface area contributed by atoms with Crippen LogP contribution in [0.4, 0.5) is 9.59 Å². The van der Waals surface area contributed by atoms with Gasteiger partial charge in [-0.05, 0) is 46.9 Å². The zero-order valence-electron chi connectivity index (χ0n) is 31.3. The van der Waals surface area contributed by atoms with Gasteiger partial charge in [-0.2, -0.15) is 0 Å². The average molecular weight is 737 g/mol. The normalized spacial score (nSPS) is 13.8. The van der Waals surface area contributed by atoms with E-state index < -0.39 is 54.3 Å². The summed E-state index contributed by atoms with van der Waals surface area (Å²) >= 11 is 0. The number of amides is 4. The lowest BCUT2D eigenvalue weighted by Crippen LogP contribution is -2.61. The van der Waals surface area contributed by atoms with Crippen molar-refractivity contribution >= 4 is 24.0 Å². The molecule has 5 N–H and O–H groups in total. The molecule has 4 aromatic carbocycles. The third kappa shape index (κ3) is 13.4. The minimum Gasteiger partial charge on any atom is -0.445 e. The highest BCUT2D eigenvalue weighted by Crippen LogP contribution is 2.16. The Morgan fingerprint density at radius 3 is 1.07 bits per heavy atom. The van der Waals surface area contributed by atoms with Crippen LogP contribution in [0.15, 0.2) is 121 Å². The Kier molecular flexibility index (Phi) is 16.1. The van der Waals surface area contributed by atoms with Crippen LogP contribution in [0.2, 0.25) is 0 Å². The summed E-state index contributed by atoms with van der Waals surface area (Å²) in [6.07, 6.45) is -2.38. The number of aliphatic hydroxyl groups excluding tert-OH is 1. The van der Waals surface area contributed by atoms with Crippen molar-refractivity contribution in [2.75, 3.05) is 0 Å². The molecule has 0 aliphatic heterocycles. The van der Waals surface area contributed by atoms with E-state index in [4.69, 9.17) is 9.47 Å². The highest BCUT2D eigenvalue weighted by Gasteiger charge is 2.35. The van der Waals surface area contributed by atoms with Crippen LogP contribution >= 0.6 is 0 Å². The highest BCUT2D eigenvalue weighted by atomic mass is 16.6. The number of rotatable bonds is 18. The summed E-state index contributed by atoms with van der Waals surface area (Å²) in [5, 5.41) is 23.5. The predicted octanol–water partition coefficient (Wildman–Crippen LogP) is 5.70. The van der Waals surface area contributed by atoms with Crippen molar-refractivity contribution in [3.8, 4) is 0 Å². The van der Waals surface area contributed by atoms with Crippen LogP contribution in [-0.4, -0.2) is 59.4 Å². The van der Waals surface area contributed by atoms with Gasteiger partial charge in [0.25, 0.3) is 0 Å². The standard InChI is InChI=1S/C43H52N4O7/c1-29(2)37(46-42(51)53-27-33-21-13-7-14-22-33)40(49)44-35(25-31-17-9-5-10-18-31)39(48)36(26-32-19-11-6-12-20-32)45-41(50)38(30(3)4)47-43(52)54-28-34-23-15-8-16-24-34/h5-24,29-30,35-39,48H,25-28H2,1-4H3,(H,44,49)(H,45,50)(H,46,51)(H,47,52)/t35-,36-,37?,38?,39?/m0/s1. The number of benzene rings is 4. The van der Waals surface area contributed by atoms with E-state index in [1.54, 1.807) is 27.7 Å². The van der Waals surface area contributed by atoms with Gasteiger partial charge in [-0.15, -0.1) is 0 Å². The smallest absolute Gasteiger partial charge is 0.408 e. The van der Waals surface area contributed by atoms with Crippen molar-refractivity contribution in [1.29, 1.82) is 0 Å². The average Bonchev–Trinajstić information content (AvgIpc) is 3.17. The fraction of sp³-hybridized carbons (Fsp3) is 0.349. The van der Waals surface area contributed by atoms with Gasteiger partial charge in [0.1, 0.15) is 25.3 Å². The van der Waals surface area contributed by atoms with Gasteiger partial charge < -0.3 is 35.8 Å². The van der Waals surface area contributed by atoms with Crippen LogP contribution in [0, 0.1) is 11.8 Å². The van der Waals surface area contributed by atoms with E-state index in [2.05, 4.69) is 21.3 Å². The molecule has 11 nitrogen and oxygen atoms in total. The Bertz CT molecular complexity index is 1610. The molecule has 4 atom stereocenters. The van der Waals surface area contributed by atoms with Crippen molar-refractivity contribution < 1.29 is 33.8 Å². The number of ether oxygens (including phenoxy) is 2. The molecule has 0 fully saturated rings. The molecular formula is C43H52N4O7. The summed E-state index contributed by atoms with van der Waals surface area (Å²) in [7, 11) is 0. The second-order valence-electron chi connectivity index (χ2n) is 14.0. The monoisotopic (exact) mass is 736 g/mol. The van der Waals surface area contributed by atoms with Crippen LogP contribution in [0.1, 0.15) is 49.9 Å². The van der Waals surface area contributed by atoms with Gasteiger partial charge in [-0.25, -0.2) is 9.59 Å². The van der Waals surface area contributed by atoms with Gasteiger partial charge in [0.2, 0.25) is 11.8 Å². The molecular weight excluding hydrogens is 684 g/mol. The van der Waals surface area contributed by atoms with Gasteiger partial charge in [-0.3, -0.25) is 9.59 Å². The molecule has 0 aliphatic carbocycles. The minimum absolute atomic E-state index is 0.0340. The Morgan fingerprint density at radius 1 is 0.481 bits per heavy atom. The van der Waals surface area contributed by atoms with Crippen LogP contribution in [-0.2, 0) is 45.1 Å². The second-order valence-corrected chi connectivity index (χ2v) is 14.0. The van der Waals surface area contributed by atoms with E-state index in [1.165, 1.54) is 0 Å². The lowest BCUT2D eigenvalue weighted by molar-refractivity contribution is -0.126. The Balaban J connectivity index is 1.54. The van der Waals surface area contributed by atoms with Crippen LogP contribution < -0.4 is 21.3 Å². The molecule has 0 saturated carbocycles. The van der Waals surface area contributed by atoms with Gasteiger partial charge in [0.05, 0.1) is 18.2 Å². The second kappa shape index (κ2) is 21.1. The number of hydrogen-bond acceptors (Lipinski definition) is 7. The van der Waals surface area contributed by atoms with Crippen LogP contribution in [0.3, 0.4) is 0 Å². The van der Waals surface area contributed by atoms with Gasteiger partial charge in [0, 0.05) is 0 Å². The van der Waals surface area contributed by atoms with E-state index in [0.717, 1.165) is 22.3 Å². The fourth-order valence-corrected chi connectivity index (χ4v) is 5.93. The number of aliphatic hydroxyl groups is 1. The lowest BCUT2D eigenvalue weighted by atomic mass is 9.91. The summed E-state index contributed by atoms with van der Waals surface area (Å²) in [5.41, 5.74) is 3.28. The first-order valence-electron chi connectivity index (χ1n) is 18.3. The third-order valence-corrected chi connectivity index (χ3v) is 8.95.